The molecule has 11 nitrogen and oxygen atoms in total. The smallest absolute Gasteiger partial charge is 0.325 e. The van der Waals surface area contributed by atoms with E-state index < -0.39 is 54.5 Å². The van der Waals surface area contributed by atoms with Crippen molar-refractivity contribution >= 4 is 34.6 Å². The van der Waals surface area contributed by atoms with Crippen LogP contribution in [0.25, 0.3) is 10.9 Å². The van der Waals surface area contributed by atoms with Gasteiger partial charge in [-0.25, -0.2) is 0 Å². The molecule has 0 bridgehead atoms. The largest absolute Gasteiger partial charge is 0.480 e. The SMILES string of the molecule is CC(NC(=O)C(Cc1ccccc1)NC(=O)C(Cc1c[nH]c2ccccc12)NC(=O)C(N)CO)C(=O)O. The van der Waals surface area contributed by atoms with E-state index >= 15 is 0 Å². The van der Waals surface area contributed by atoms with Gasteiger partial charge in [0, 0.05) is 29.9 Å². The van der Waals surface area contributed by atoms with Crippen molar-refractivity contribution in [2.45, 2.75) is 43.9 Å². The van der Waals surface area contributed by atoms with Crippen LogP contribution in [0, 0.1) is 0 Å². The minimum absolute atomic E-state index is 0.0743. The van der Waals surface area contributed by atoms with Gasteiger partial charge >= 0.3 is 5.97 Å². The molecule has 2 aromatic carbocycles. The molecule has 37 heavy (non-hydrogen) atoms. The number of hydrogen-bond donors (Lipinski definition) is 7. The quantitative estimate of drug-likeness (QED) is 0.177. The summed E-state index contributed by atoms with van der Waals surface area (Å²) in [5.41, 5.74) is 7.98. The monoisotopic (exact) mass is 509 g/mol. The Kier molecular flexibility index (Phi) is 9.36. The number of hydrogen-bond acceptors (Lipinski definition) is 6. The number of aliphatic hydroxyl groups excluding tert-OH is 1. The van der Waals surface area contributed by atoms with E-state index in [-0.39, 0.29) is 12.8 Å². The minimum atomic E-state index is -1.24. The molecule has 0 aliphatic rings. The zero-order chi connectivity index (χ0) is 26.9. The summed E-state index contributed by atoms with van der Waals surface area (Å²) < 4.78 is 0. The Morgan fingerprint density at radius 1 is 0.865 bits per heavy atom. The average Bonchev–Trinajstić information content (AvgIpc) is 3.30. The molecular weight excluding hydrogens is 478 g/mol. The number of fused-ring (bicyclic) bond motifs is 1. The summed E-state index contributed by atoms with van der Waals surface area (Å²) in [7, 11) is 0. The molecule has 0 saturated carbocycles. The van der Waals surface area contributed by atoms with Gasteiger partial charge in [-0.2, -0.15) is 0 Å². The number of nitrogens with two attached hydrogens (primary N) is 1. The molecule has 3 rings (SSSR count). The number of benzene rings is 2. The molecule has 1 heterocycles. The number of carbonyl (C=O) groups excluding carboxylic acids is 3. The van der Waals surface area contributed by atoms with Crippen molar-refractivity contribution < 1.29 is 29.4 Å². The third-order valence-corrected chi connectivity index (χ3v) is 5.91. The summed E-state index contributed by atoms with van der Waals surface area (Å²) in [6.07, 6.45) is 1.89. The minimum Gasteiger partial charge on any atom is -0.480 e. The van der Waals surface area contributed by atoms with Crippen LogP contribution in [0.2, 0.25) is 0 Å². The molecule has 11 heteroatoms. The van der Waals surface area contributed by atoms with E-state index in [9.17, 15) is 29.4 Å². The second kappa shape index (κ2) is 12.7. The lowest BCUT2D eigenvalue weighted by Crippen LogP contribution is -2.58. The molecule has 3 amide bonds. The van der Waals surface area contributed by atoms with Crippen molar-refractivity contribution in [1.29, 1.82) is 0 Å². The van der Waals surface area contributed by atoms with E-state index in [0.717, 1.165) is 22.0 Å². The molecule has 0 aliphatic carbocycles. The highest BCUT2D eigenvalue weighted by molar-refractivity contribution is 5.95. The standard InChI is InChI=1S/C26H31N5O6/c1-15(26(36)37)29-24(34)21(11-16-7-3-2-4-8-16)31-25(35)22(30-23(33)19(27)14-32)12-17-13-28-20-10-6-5-9-18(17)20/h2-10,13,15,19,21-22,28,32H,11-12,14,27H2,1H3,(H,29,34)(H,30,33)(H,31,35)(H,36,37). The Bertz CT molecular complexity index is 1240. The first-order valence-corrected chi connectivity index (χ1v) is 11.8. The number of aliphatic carboxylic acids is 1. The van der Waals surface area contributed by atoms with Crippen molar-refractivity contribution in [3.8, 4) is 0 Å². The van der Waals surface area contributed by atoms with Crippen molar-refractivity contribution in [2.75, 3.05) is 6.61 Å². The van der Waals surface area contributed by atoms with Crippen molar-refractivity contribution in [1.82, 2.24) is 20.9 Å². The molecular formula is C26H31N5O6. The lowest BCUT2D eigenvalue weighted by atomic mass is 10.0. The summed E-state index contributed by atoms with van der Waals surface area (Å²) in [4.78, 5) is 53.3. The van der Waals surface area contributed by atoms with Crippen LogP contribution in [0.3, 0.4) is 0 Å². The zero-order valence-electron chi connectivity index (χ0n) is 20.3. The molecule has 0 saturated heterocycles. The summed E-state index contributed by atoms with van der Waals surface area (Å²) >= 11 is 0. The molecule has 0 fully saturated rings. The van der Waals surface area contributed by atoms with Crippen LogP contribution < -0.4 is 21.7 Å². The normalized spacial score (nSPS) is 14.2. The molecule has 196 valence electrons. The Morgan fingerprint density at radius 3 is 2.14 bits per heavy atom. The number of amides is 3. The van der Waals surface area contributed by atoms with Gasteiger partial charge in [-0.05, 0) is 24.1 Å². The van der Waals surface area contributed by atoms with Crippen molar-refractivity contribution in [2.24, 2.45) is 5.73 Å². The summed E-state index contributed by atoms with van der Waals surface area (Å²) in [6.45, 7) is 0.706. The highest BCUT2D eigenvalue weighted by Gasteiger charge is 2.30. The van der Waals surface area contributed by atoms with E-state index in [0.29, 0.717) is 0 Å². The van der Waals surface area contributed by atoms with Crippen LogP contribution in [0.1, 0.15) is 18.1 Å². The highest BCUT2D eigenvalue weighted by atomic mass is 16.4. The number of carboxylic acids is 1. The maximum Gasteiger partial charge on any atom is 0.325 e. The second-order valence-corrected chi connectivity index (χ2v) is 8.73. The number of H-pyrrole nitrogens is 1. The Balaban J connectivity index is 1.86. The van der Waals surface area contributed by atoms with Gasteiger partial charge in [-0.15, -0.1) is 0 Å². The van der Waals surface area contributed by atoms with Crippen molar-refractivity contribution in [3.05, 3.63) is 71.9 Å². The molecule has 3 aromatic rings. The molecule has 4 unspecified atom stereocenters. The molecule has 4 atom stereocenters. The first-order valence-electron chi connectivity index (χ1n) is 11.8. The third kappa shape index (κ3) is 7.38. The lowest BCUT2D eigenvalue weighted by Gasteiger charge is -2.24. The average molecular weight is 510 g/mol. The predicted octanol–water partition coefficient (Wildman–Crippen LogP) is -0.168. The lowest BCUT2D eigenvalue weighted by molar-refractivity contribution is -0.141. The van der Waals surface area contributed by atoms with Crippen molar-refractivity contribution in [3.63, 3.8) is 0 Å². The van der Waals surface area contributed by atoms with Gasteiger partial charge < -0.3 is 36.9 Å². The topological polar surface area (TPSA) is 187 Å². The Hall–Kier alpha value is -4.22. The maximum absolute atomic E-state index is 13.4. The summed E-state index contributed by atoms with van der Waals surface area (Å²) in [6, 6.07) is 11.7. The zero-order valence-corrected chi connectivity index (χ0v) is 20.3. The number of aromatic amines is 1. The van der Waals surface area contributed by atoms with E-state index in [1.54, 1.807) is 36.5 Å². The molecule has 0 aliphatic heterocycles. The van der Waals surface area contributed by atoms with Gasteiger partial charge in [0.25, 0.3) is 0 Å². The fourth-order valence-corrected chi connectivity index (χ4v) is 3.80. The number of aliphatic hydroxyl groups is 1. The highest BCUT2D eigenvalue weighted by Crippen LogP contribution is 2.19. The van der Waals surface area contributed by atoms with E-state index in [2.05, 4.69) is 20.9 Å². The van der Waals surface area contributed by atoms with Gasteiger partial charge in [-0.3, -0.25) is 19.2 Å². The Morgan fingerprint density at radius 2 is 1.46 bits per heavy atom. The number of nitrogens with one attached hydrogen (secondary N) is 4. The number of rotatable bonds is 12. The first-order chi connectivity index (χ1) is 17.7. The second-order valence-electron chi connectivity index (χ2n) is 8.73. The van der Waals surface area contributed by atoms with Crippen LogP contribution in [0.4, 0.5) is 0 Å². The summed E-state index contributed by atoms with van der Waals surface area (Å²) in [5.74, 6) is -3.30. The van der Waals surface area contributed by atoms with Gasteiger partial charge in [0.2, 0.25) is 17.7 Å². The van der Waals surface area contributed by atoms with Crippen LogP contribution in [0.15, 0.2) is 60.8 Å². The van der Waals surface area contributed by atoms with Gasteiger partial charge in [0.15, 0.2) is 0 Å². The van der Waals surface area contributed by atoms with E-state index in [1.807, 2.05) is 24.3 Å². The van der Waals surface area contributed by atoms with Gasteiger partial charge in [-0.1, -0.05) is 48.5 Å². The number of aromatic nitrogens is 1. The van der Waals surface area contributed by atoms with Crippen LogP contribution in [0.5, 0.6) is 0 Å². The van der Waals surface area contributed by atoms with E-state index in [1.165, 1.54) is 6.92 Å². The molecule has 0 radical (unpaired) electrons. The Labute approximate surface area is 213 Å². The summed E-state index contributed by atoms with van der Waals surface area (Å²) in [5, 5.41) is 26.9. The molecule has 1 aromatic heterocycles. The molecule has 8 N–H and O–H groups in total. The maximum atomic E-state index is 13.4. The number of carboxylic acid groups (broad SMARTS) is 1. The van der Waals surface area contributed by atoms with Crippen LogP contribution in [-0.2, 0) is 32.0 Å². The first kappa shape index (κ1) is 27.4. The molecule has 0 spiro atoms. The number of para-hydroxylation sites is 1. The predicted molar refractivity (Wildman–Crippen MR) is 136 cm³/mol. The fourth-order valence-electron chi connectivity index (χ4n) is 3.80. The third-order valence-electron chi connectivity index (χ3n) is 5.91. The number of carbonyl (C=O) groups is 4. The van der Waals surface area contributed by atoms with Gasteiger partial charge in [0.1, 0.15) is 24.2 Å². The van der Waals surface area contributed by atoms with E-state index in [4.69, 9.17) is 5.73 Å². The van der Waals surface area contributed by atoms with Gasteiger partial charge in [0.05, 0.1) is 6.61 Å². The van der Waals surface area contributed by atoms with Crippen LogP contribution >= 0.6 is 0 Å². The van der Waals surface area contributed by atoms with Crippen LogP contribution in [-0.4, -0.2) is 69.7 Å². The fraction of sp³-hybridized carbons (Fsp3) is 0.308.